The summed E-state index contributed by atoms with van der Waals surface area (Å²) in [6.07, 6.45) is 0.561. The smallest absolute Gasteiger partial charge is 0.442 e. The van der Waals surface area contributed by atoms with Crippen LogP contribution in [0.25, 0.3) is 11.1 Å². The number of hydrogen-bond donors (Lipinski definition) is 2. The van der Waals surface area contributed by atoms with Gasteiger partial charge in [0.1, 0.15) is 38.9 Å². The van der Waals surface area contributed by atoms with Crippen LogP contribution in [0, 0.1) is 20.2 Å². The van der Waals surface area contributed by atoms with E-state index in [0.717, 1.165) is 35.4 Å². The molecule has 4 N–H and O–H groups in total. The number of unbranched alkanes of at least 4 members (excludes halogenated alkanes) is 1. The predicted molar refractivity (Wildman–Crippen MR) is 215 cm³/mol. The SMILES string of the molecule is CCCCc1nc(Cl)c(COC(=O)OCc2ccc(CO[N+](=O)[O-])cc2)n1Cc1ccc(-c2ccccc2/C(N)=N/N(N)C(=O)OCc2ccc(CO[N+](=O)[O-])cc2)cc1. The van der Waals surface area contributed by atoms with Crippen LogP contribution in [-0.4, -0.2) is 42.9 Å². The Labute approximate surface area is 348 Å². The van der Waals surface area contributed by atoms with Crippen LogP contribution in [0.4, 0.5) is 9.59 Å². The number of halogens is 1. The Morgan fingerprint density at radius 3 is 1.85 bits per heavy atom. The second kappa shape index (κ2) is 21.5. The number of benzene rings is 4. The van der Waals surface area contributed by atoms with Crippen LogP contribution in [0.1, 0.15) is 64.7 Å². The Kier molecular flexibility index (Phi) is 15.7. The van der Waals surface area contributed by atoms with Gasteiger partial charge in [-0.05, 0) is 45.4 Å². The molecular formula is C40H41ClN8O11. The molecule has 314 valence electrons. The van der Waals surface area contributed by atoms with Gasteiger partial charge in [-0.1, -0.05) is 122 Å². The fourth-order valence-corrected chi connectivity index (χ4v) is 5.99. The van der Waals surface area contributed by atoms with Crippen molar-refractivity contribution >= 4 is 29.7 Å². The van der Waals surface area contributed by atoms with Crippen LogP contribution in [0.3, 0.4) is 0 Å². The summed E-state index contributed by atoms with van der Waals surface area (Å²) < 4.78 is 17.9. The lowest BCUT2D eigenvalue weighted by Gasteiger charge is -2.15. The first-order valence-corrected chi connectivity index (χ1v) is 18.8. The number of imidazole rings is 1. The number of amidine groups is 1. The van der Waals surface area contributed by atoms with E-state index in [1.807, 2.05) is 41.0 Å². The third kappa shape index (κ3) is 12.9. The summed E-state index contributed by atoms with van der Waals surface area (Å²) in [5, 5.41) is 23.8. The summed E-state index contributed by atoms with van der Waals surface area (Å²) >= 11 is 6.59. The highest BCUT2D eigenvalue weighted by Crippen LogP contribution is 2.26. The number of rotatable bonds is 20. The number of hydrazone groups is 1. The van der Waals surface area contributed by atoms with Gasteiger partial charge in [0, 0.05) is 18.5 Å². The standard InChI is InChI=1S/C40H41ClN8O11/c1-2-3-8-36-44-37(41)35(26-58-40(51)57-23-29-11-15-31(16-12-29)25-60-49(54)55)46(36)21-27-17-19-32(20-18-27)33-6-4-5-7-34(33)38(42)45-47(43)39(50)56-22-28-9-13-30(14-10-28)24-59-48(52)53/h4-7,9-20H,2-3,8,21-26,43H2,1H3,(H2,42,45). The molecule has 0 atom stereocenters. The first-order valence-electron chi connectivity index (χ1n) is 18.4. The lowest BCUT2D eigenvalue weighted by molar-refractivity contribution is -0.763. The molecule has 0 fully saturated rings. The van der Waals surface area contributed by atoms with Crippen molar-refractivity contribution in [2.45, 2.75) is 65.8 Å². The molecule has 19 nitrogen and oxygen atoms in total. The minimum Gasteiger partial charge on any atom is -0.442 e. The van der Waals surface area contributed by atoms with E-state index in [9.17, 15) is 29.8 Å². The van der Waals surface area contributed by atoms with Crippen LogP contribution >= 0.6 is 11.6 Å². The number of aromatic nitrogens is 2. The van der Waals surface area contributed by atoms with Crippen molar-refractivity contribution in [2.75, 3.05) is 0 Å². The lowest BCUT2D eigenvalue weighted by Crippen LogP contribution is -2.35. The van der Waals surface area contributed by atoms with Crippen molar-refractivity contribution in [1.29, 1.82) is 0 Å². The van der Waals surface area contributed by atoms with Gasteiger partial charge in [0.25, 0.3) is 10.2 Å². The monoisotopic (exact) mass is 844 g/mol. The summed E-state index contributed by atoms with van der Waals surface area (Å²) in [5.41, 5.74) is 12.2. The molecule has 1 amide bonds. The number of amides is 1. The number of nitrogens with zero attached hydrogens (tertiary/aromatic N) is 6. The molecule has 5 aromatic rings. The highest BCUT2D eigenvalue weighted by atomic mass is 35.5. The van der Waals surface area contributed by atoms with Crippen molar-refractivity contribution in [2.24, 2.45) is 16.7 Å². The maximum Gasteiger partial charge on any atom is 0.508 e. The normalized spacial score (nSPS) is 11.1. The van der Waals surface area contributed by atoms with Gasteiger partial charge < -0.3 is 34.2 Å². The molecule has 1 aromatic heterocycles. The van der Waals surface area contributed by atoms with Crippen LogP contribution in [0.2, 0.25) is 5.15 Å². The van der Waals surface area contributed by atoms with Crippen LogP contribution in [0.5, 0.6) is 0 Å². The average molecular weight is 845 g/mol. The maximum atomic E-state index is 12.6. The topological polar surface area (TPSA) is 252 Å². The summed E-state index contributed by atoms with van der Waals surface area (Å²) in [7, 11) is 0. The molecule has 0 radical (unpaired) electrons. The zero-order valence-corrected chi connectivity index (χ0v) is 33.1. The van der Waals surface area contributed by atoms with E-state index in [0.29, 0.717) is 51.6 Å². The van der Waals surface area contributed by atoms with Crippen molar-refractivity contribution in [3.63, 3.8) is 0 Å². The highest BCUT2D eigenvalue weighted by Gasteiger charge is 2.19. The number of carbonyl (C=O) groups excluding carboxylic acids is 2. The lowest BCUT2D eigenvalue weighted by atomic mass is 9.98. The first kappa shape index (κ1) is 43.9. The van der Waals surface area contributed by atoms with Gasteiger partial charge in [0.2, 0.25) is 0 Å². The molecule has 0 aliphatic carbocycles. The zero-order chi connectivity index (χ0) is 43.0. The van der Waals surface area contributed by atoms with Gasteiger partial charge in [0.05, 0.1) is 5.69 Å². The van der Waals surface area contributed by atoms with Gasteiger partial charge in [-0.2, -0.15) is 0 Å². The Balaban J connectivity index is 1.21. The second-order valence-electron chi connectivity index (χ2n) is 13.0. The molecule has 0 spiro atoms. The number of hydrogen-bond acceptors (Lipinski definition) is 14. The van der Waals surface area contributed by atoms with Gasteiger partial charge in [-0.15, -0.1) is 30.4 Å². The van der Waals surface area contributed by atoms with Crippen molar-refractivity contribution in [3.05, 3.63) is 167 Å². The van der Waals surface area contributed by atoms with Gasteiger partial charge in [-0.3, -0.25) is 0 Å². The summed E-state index contributed by atoms with van der Waals surface area (Å²) in [6, 6.07) is 27.9. The number of hydrazine groups is 1. The minimum absolute atomic E-state index is 0.0423. The highest BCUT2D eigenvalue weighted by molar-refractivity contribution is 6.30. The van der Waals surface area contributed by atoms with Crippen molar-refractivity contribution in [1.82, 2.24) is 14.7 Å². The fourth-order valence-electron chi connectivity index (χ4n) is 5.74. The average Bonchev–Trinajstić information content (AvgIpc) is 3.54. The van der Waals surface area contributed by atoms with Crippen molar-refractivity contribution in [3.8, 4) is 11.1 Å². The van der Waals surface area contributed by atoms with E-state index in [-0.39, 0.29) is 44.0 Å². The molecule has 20 heteroatoms. The Morgan fingerprint density at radius 2 is 1.28 bits per heavy atom. The van der Waals surface area contributed by atoms with E-state index < -0.39 is 22.4 Å². The maximum absolute atomic E-state index is 12.6. The van der Waals surface area contributed by atoms with E-state index in [4.69, 9.17) is 37.4 Å². The van der Waals surface area contributed by atoms with Crippen molar-refractivity contribution < 1.29 is 43.6 Å². The molecule has 0 unspecified atom stereocenters. The van der Waals surface area contributed by atoms with E-state index in [2.05, 4.69) is 26.7 Å². The Morgan fingerprint density at radius 1 is 0.767 bits per heavy atom. The predicted octanol–water partition coefficient (Wildman–Crippen LogP) is 7.00. The molecule has 0 saturated carbocycles. The number of carbonyl (C=O) groups is 2. The molecule has 0 aliphatic heterocycles. The van der Waals surface area contributed by atoms with E-state index in [1.165, 1.54) is 0 Å². The summed E-state index contributed by atoms with van der Waals surface area (Å²) in [4.78, 5) is 59.3. The molecule has 0 bridgehead atoms. The number of nitrogens with two attached hydrogens (primary N) is 2. The summed E-state index contributed by atoms with van der Waals surface area (Å²) in [6.45, 7) is 1.62. The summed E-state index contributed by atoms with van der Waals surface area (Å²) in [5.74, 6) is 6.58. The largest absolute Gasteiger partial charge is 0.508 e. The Hall–Kier alpha value is -7.25. The minimum atomic E-state index is -0.965. The third-order valence-corrected chi connectivity index (χ3v) is 9.14. The molecule has 5 rings (SSSR count). The van der Waals surface area contributed by atoms with Crippen LogP contribution in [0.15, 0.2) is 102 Å². The van der Waals surface area contributed by atoms with Crippen LogP contribution in [-0.2, 0) is 69.9 Å². The fraction of sp³-hybridized carbons (Fsp3) is 0.250. The number of aryl methyl sites for hydroxylation is 1. The molecule has 0 saturated heterocycles. The van der Waals surface area contributed by atoms with Gasteiger partial charge in [-0.25, -0.2) is 20.4 Å². The van der Waals surface area contributed by atoms with E-state index >= 15 is 0 Å². The van der Waals surface area contributed by atoms with Gasteiger partial charge in [0.15, 0.2) is 11.0 Å². The quantitative estimate of drug-likeness (QED) is 0.0152. The first-order chi connectivity index (χ1) is 28.9. The second-order valence-corrected chi connectivity index (χ2v) is 13.4. The zero-order valence-electron chi connectivity index (χ0n) is 32.3. The third-order valence-electron chi connectivity index (χ3n) is 8.83. The van der Waals surface area contributed by atoms with Gasteiger partial charge >= 0.3 is 12.2 Å². The number of ether oxygens (including phenoxy) is 3. The molecule has 60 heavy (non-hydrogen) atoms. The molecule has 0 aliphatic rings. The van der Waals surface area contributed by atoms with Crippen LogP contribution < -0.4 is 11.6 Å². The van der Waals surface area contributed by atoms with E-state index in [1.54, 1.807) is 60.7 Å². The molecule has 4 aromatic carbocycles. The molecular weight excluding hydrogens is 804 g/mol. The Bertz CT molecular complexity index is 2290. The molecule has 1 heterocycles.